The second-order valence-corrected chi connectivity index (χ2v) is 7.27. The number of benzene rings is 1. The highest BCUT2D eigenvalue weighted by Crippen LogP contribution is 2.28. The molecule has 10 nitrogen and oxygen atoms in total. The Morgan fingerprint density at radius 3 is 2.61 bits per heavy atom. The highest BCUT2D eigenvalue weighted by molar-refractivity contribution is 5.77. The molecule has 0 fully saturated rings. The van der Waals surface area contributed by atoms with Gasteiger partial charge in [-0.25, -0.2) is 9.36 Å². The van der Waals surface area contributed by atoms with Gasteiger partial charge in [-0.2, -0.15) is 4.98 Å². The van der Waals surface area contributed by atoms with Gasteiger partial charge in [0.1, 0.15) is 12.3 Å². The van der Waals surface area contributed by atoms with Crippen LogP contribution in [0.25, 0.3) is 22.6 Å². The van der Waals surface area contributed by atoms with E-state index >= 15 is 0 Å². The number of aryl methyl sites for hydroxylation is 3. The van der Waals surface area contributed by atoms with Crippen LogP contribution in [0.15, 0.2) is 34.0 Å². The molecule has 0 aliphatic rings. The number of carbonyl (C=O) groups excluding carboxylic acids is 1. The van der Waals surface area contributed by atoms with Gasteiger partial charge in [0, 0.05) is 18.9 Å². The van der Waals surface area contributed by atoms with Crippen molar-refractivity contribution in [2.75, 3.05) is 13.7 Å². The Morgan fingerprint density at radius 2 is 1.94 bits per heavy atom. The molecule has 0 N–H and O–H groups in total. The molecule has 4 rings (SSSR count). The van der Waals surface area contributed by atoms with E-state index < -0.39 is 23.8 Å². The Hall–Kier alpha value is -3.82. The molecule has 0 aliphatic heterocycles. The van der Waals surface area contributed by atoms with Gasteiger partial charge >= 0.3 is 11.7 Å². The first-order valence-corrected chi connectivity index (χ1v) is 9.79. The zero-order chi connectivity index (χ0) is 22.4. The molecule has 0 saturated carbocycles. The maximum Gasteiger partial charge on any atom is 0.333 e. The van der Waals surface area contributed by atoms with E-state index in [1.807, 2.05) is 36.6 Å². The van der Waals surface area contributed by atoms with Crippen LogP contribution in [-0.2, 0) is 23.1 Å². The van der Waals surface area contributed by atoms with Gasteiger partial charge in [-0.1, -0.05) is 6.07 Å². The number of hydrogen-bond donors (Lipinski definition) is 0. The van der Waals surface area contributed by atoms with E-state index in [0.717, 1.165) is 21.5 Å². The number of fused-ring (bicyclic) bond motifs is 3. The van der Waals surface area contributed by atoms with Crippen molar-refractivity contribution < 1.29 is 14.3 Å². The van der Waals surface area contributed by atoms with Gasteiger partial charge in [0.25, 0.3) is 5.56 Å². The third kappa shape index (κ3) is 3.11. The van der Waals surface area contributed by atoms with Gasteiger partial charge < -0.3 is 9.47 Å². The molecule has 0 amide bonds. The van der Waals surface area contributed by atoms with E-state index in [-0.39, 0.29) is 17.8 Å². The summed E-state index contributed by atoms with van der Waals surface area (Å²) in [6.45, 7) is 5.22. The van der Waals surface area contributed by atoms with Crippen LogP contribution in [0.3, 0.4) is 0 Å². The second-order valence-electron chi connectivity index (χ2n) is 7.27. The quantitative estimate of drug-likeness (QED) is 0.447. The Labute approximate surface area is 176 Å². The monoisotopic (exact) mass is 425 g/mol. The van der Waals surface area contributed by atoms with Crippen LogP contribution in [0, 0.1) is 13.8 Å². The summed E-state index contributed by atoms with van der Waals surface area (Å²) in [6, 6.07) is 5.77. The molecule has 162 valence electrons. The number of ether oxygens (including phenoxy) is 2. The first kappa shape index (κ1) is 20.5. The summed E-state index contributed by atoms with van der Waals surface area (Å²) in [4.78, 5) is 42.5. The van der Waals surface area contributed by atoms with Crippen molar-refractivity contribution in [1.29, 1.82) is 0 Å². The van der Waals surface area contributed by atoms with Crippen molar-refractivity contribution in [2.24, 2.45) is 7.05 Å². The van der Waals surface area contributed by atoms with E-state index in [0.29, 0.717) is 11.5 Å². The average molecular weight is 425 g/mol. The number of rotatable bonds is 5. The number of methoxy groups -OCH3 is 1. The first-order chi connectivity index (χ1) is 14.8. The predicted molar refractivity (Wildman–Crippen MR) is 114 cm³/mol. The summed E-state index contributed by atoms with van der Waals surface area (Å²) < 4.78 is 16.1. The van der Waals surface area contributed by atoms with Gasteiger partial charge in [0.15, 0.2) is 11.2 Å². The van der Waals surface area contributed by atoms with Crippen LogP contribution in [0.1, 0.15) is 18.2 Å². The Balaban J connectivity index is 2.05. The zero-order valence-electron chi connectivity index (χ0n) is 18.0. The number of aromatic nitrogens is 5. The minimum absolute atomic E-state index is 0.160. The number of esters is 1. The van der Waals surface area contributed by atoms with Crippen molar-refractivity contribution in [3.05, 3.63) is 56.5 Å². The van der Waals surface area contributed by atoms with Crippen LogP contribution in [-0.4, -0.2) is 42.8 Å². The Kier molecular flexibility index (Phi) is 4.92. The molecular weight excluding hydrogens is 402 g/mol. The maximum atomic E-state index is 13.2. The van der Waals surface area contributed by atoms with E-state index in [1.165, 1.54) is 11.6 Å². The molecule has 3 heterocycles. The fourth-order valence-corrected chi connectivity index (χ4v) is 3.76. The SMILES string of the molecule is CCOC(=O)Cn1c(=O)c2c(nc3n(-c4cc(C)ccc4OC)c(C)cn23)n(C)c1=O. The fourth-order valence-electron chi connectivity index (χ4n) is 3.76. The standard InChI is InChI=1S/C21H23N5O5/c1-6-31-16(27)11-25-19(28)17-18(23(4)21(25)29)22-20-24(17)10-13(3)26(20)14-9-12(2)7-8-15(14)30-5/h7-10H,6,11H2,1-5H3. The van der Waals surface area contributed by atoms with E-state index in [4.69, 9.17) is 9.47 Å². The van der Waals surface area contributed by atoms with Gasteiger partial charge in [0.05, 0.1) is 19.4 Å². The highest BCUT2D eigenvalue weighted by Gasteiger charge is 2.23. The molecule has 0 aliphatic carbocycles. The van der Waals surface area contributed by atoms with Crippen LogP contribution >= 0.6 is 0 Å². The normalized spacial score (nSPS) is 11.4. The lowest BCUT2D eigenvalue weighted by Crippen LogP contribution is -2.41. The fraction of sp³-hybridized carbons (Fsp3) is 0.333. The lowest BCUT2D eigenvalue weighted by Gasteiger charge is -2.12. The molecule has 0 radical (unpaired) electrons. The van der Waals surface area contributed by atoms with E-state index in [1.54, 1.807) is 24.6 Å². The van der Waals surface area contributed by atoms with Crippen molar-refractivity contribution in [3.8, 4) is 11.4 Å². The largest absolute Gasteiger partial charge is 0.495 e. The second kappa shape index (κ2) is 7.46. The van der Waals surface area contributed by atoms with Gasteiger partial charge in [0.2, 0.25) is 5.78 Å². The minimum Gasteiger partial charge on any atom is -0.495 e. The molecule has 0 saturated heterocycles. The van der Waals surface area contributed by atoms with E-state index in [9.17, 15) is 14.4 Å². The number of carbonyl (C=O) groups is 1. The molecule has 1 aromatic carbocycles. The van der Waals surface area contributed by atoms with Crippen molar-refractivity contribution in [1.82, 2.24) is 23.1 Å². The summed E-state index contributed by atoms with van der Waals surface area (Å²) in [5, 5.41) is 0. The van der Waals surface area contributed by atoms with E-state index in [2.05, 4.69) is 4.98 Å². The highest BCUT2D eigenvalue weighted by atomic mass is 16.5. The van der Waals surface area contributed by atoms with Crippen molar-refractivity contribution in [3.63, 3.8) is 0 Å². The summed E-state index contributed by atoms with van der Waals surface area (Å²) in [6.07, 6.45) is 1.77. The molecular formula is C21H23N5O5. The van der Waals surface area contributed by atoms with Crippen LogP contribution in [0.2, 0.25) is 0 Å². The first-order valence-electron chi connectivity index (χ1n) is 9.79. The third-order valence-electron chi connectivity index (χ3n) is 5.19. The molecule has 0 atom stereocenters. The topological polar surface area (TPSA) is 102 Å². The van der Waals surface area contributed by atoms with Gasteiger partial charge in [-0.15, -0.1) is 0 Å². The van der Waals surface area contributed by atoms with Crippen LogP contribution in [0.5, 0.6) is 5.75 Å². The lowest BCUT2D eigenvalue weighted by molar-refractivity contribution is -0.143. The average Bonchev–Trinajstić information content (AvgIpc) is 3.24. The summed E-state index contributed by atoms with van der Waals surface area (Å²) in [7, 11) is 3.10. The summed E-state index contributed by atoms with van der Waals surface area (Å²) >= 11 is 0. The number of nitrogens with zero attached hydrogens (tertiary/aromatic N) is 5. The molecule has 0 unspecified atom stereocenters. The Bertz CT molecular complexity index is 1450. The smallest absolute Gasteiger partial charge is 0.333 e. The van der Waals surface area contributed by atoms with Crippen LogP contribution in [0.4, 0.5) is 0 Å². The van der Waals surface area contributed by atoms with Gasteiger partial charge in [-0.05, 0) is 38.5 Å². The zero-order valence-corrected chi connectivity index (χ0v) is 18.0. The lowest BCUT2D eigenvalue weighted by atomic mass is 10.2. The molecule has 0 spiro atoms. The predicted octanol–water partition coefficient (Wildman–Crippen LogP) is 1.33. The molecule has 10 heteroatoms. The van der Waals surface area contributed by atoms with Gasteiger partial charge in [-0.3, -0.25) is 23.1 Å². The number of imidazole rings is 2. The Morgan fingerprint density at radius 1 is 1.19 bits per heavy atom. The van der Waals surface area contributed by atoms with Crippen LogP contribution < -0.4 is 16.0 Å². The van der Waals surface area contributed by atoms with Crippen molar-refractivity contribution in [2.45, 2.75) is 27.3 Å². The molecule has 0 bridgehead atoms. The maximum absolute atomic E-state index is 13.2. The minimum atomic E-state index is -0.653. The summed E-state index contributed by atoms with van der Waals surface area (Å²) in [5.41, 5.74) is 1.80. The third-order valence-corrected chi connectivity index (χ3v) is 5.19. The number of hydrogen-bond acceptors (Lipinski definition) is 6. The molecule has 4 aromatic rings. The van der Waals surface area contributed by atoms with Crippen molar-refractivity contribution >= 4 is 22.9 Å². The molecule has 3 aromatic heterocycles. The molecule has 31 heavy (non-hydrogen) atoms. The summed E-state index contributed by atoms with van der Waals surface area (Å²) in [5.74, 6) is 0.449.